The van der Waals surface area contributed by atoms with Gasteiger partial charge in [0.15, 0.2) is 5.17 Å². The highest BCUT2D eigenvalue weighted by Gasteiger charge is 2.40. The van der Waals surface area contributed by atoms with E-state index in [1.165, 1.54) is 11.8 Å². The number of hydrogen-bond acceptors (Lipinski definition) is 4. The number of rotatable bonds is 3. The number of carboxylic acids is 1. The normalized spacial score (nSPS) is 17.5. The summed E-state index contributed by atoms with van der Waals surface area (Å²) in [6, 6.07) is 11.9. The first-order chi connectivity index (χ1) is 13.4. The fourth-order valence-electron chi connectivity index (χ4n) is 3.29. The standard InChI is InChI=1S/C20H13Cl3N2O2S.2ClH/c1-10-16(19(26)27)18(11-5-2-3-6-12(11)21)25-9-15(28-20(25)24-10)17-13(22)7-4-8-14(17)23;;/h2-9,18H,1H3,(H,26,27);2*1H. The van der Waals surface area contributed by atoms with Crippen LogP contribution >= 0.6 is 71.4 Å². The molecule has 2 aliphatic heterocycles. The molecule has 0 radical (unpaired) electrons. The number of carboxylic acid groups (broad SMARTS) is 1. The average Bonchev–Trinajstić information content (AvgIpc) is 3.03. The van der Waals surface area contributed by atoms with Crippen LogP contribution in [0.25, 0.3) is 4.91 Å². The van der Waals surface area contributed by atoms with E-state index in [0.717, 1.165) is 4.91 Å². The molecule has 0 fully saturated rings. The Balaban J connectivity index is 0.00000160. The molecule has 2 heterocycles. The average molecular weight is 525 g/mol. The van der Waals surface area contributed by atoms with E-state index in [0.29, 0.717) is 37.1 Å². The fraction of sp³-hybridized carbons (Fsp3) is 0.100. The van der Waals surface area contributed by atoms with E-state index in [2.05, 4.69) is 4.99 Å². The summed E-state index contributed by atoms with van der Waals surface area (Å²) in [5, 5.41) is 12.0. The number of allylic oxidation sites excluding steroid dienone is 1. The molecule has 0 aromatic heterocycles. The van der Waals surface area contributed by atoms with Gasteiger partial charge < -0.3 is 10.0 Å². The molecule has 1 atom stereocenters. The largest absolute Gasteiger partial charge is 0.478 e. The van der Waals surface area contributed by atoms with Gasteiger partial charge in [-0.25, -0.2) is 9.79 Å². The van der Waals surface area contributed by atoms with Gasteiger partial charge in [-0.05, 0) is 42.4 Å². The summed E-state index contributed by atoms with van der Waals surface area (Å²) >= 11 is 20.6. The zero-order valence-corrected chi connectivity index (χ0v) is 20.0. The van der Waals surface area contributed by atoms with Gasteiger partial charge in [-0.15, -0.1) is 24.8 Å². The molecule has 2 aromatic carbocycles. The molecule has 0 saturated carbocycles. The van der Waals surface area contributed by atoms with E-state index >= 15 is 0 Å². The summed E-state index contributed by atoms with van der Waals surface area (Å²) in [4.78, 5) is 19.2. The predicted octanol–water partition coefficient (Wildman–Crippen LogP) is 7.31. The summed E-state index contributed by atoms with van der Waals surface area (Å²) in [5.74, 6) is -1.03. The summed E-state index contributed by atoms with van der Waals surface area (Å²) in [6.07, 6.45) is 1.83. The number of nitrogens with zero attached hydrogens (tertiary/aromatic N) is 2. The molecule has 0 aliphatic carbocycles. The van der Waals surface area contributed by atoms with Crippen LogP contribution in [-0.2, 0) is 4.79 Å². The van der Waals surface area contributed by atoms with Crippen LogP contribution < -0.4 is 0 Å². The van der Waals surface area contributed by atoms with E-state index < -0.39 is 12.0 Å². The van der Waals surface area contributed by atoms with E-state index in [9.17, 15) is 9.90 Å². The lowest BCUT2D eigenvalue weighted by Crippen LogP contribution is -2.33. The molecule has 0 amide bonds. The molecule has 1 N–H and O–H groups in total. The number of halogens is 5. The monoisotopic (exact) mass is 522 g/mol. The van der Waals surface area contributed by atoms with E-state index in [1.54, 1.807) is 31.2 Å². The Bertz CT molecular complexity index is 1080. The first-order valence-corrected chi connectivity index (χ1v) is 10.2. The van der Waals surface area contributed by atoms with Crippen LogP contribution in [0.5, 0.6) is 0 Å². The van der Waals surface area contributed by atoms with Gasteiger partial charge >= 0.3 is 5.97 Å². The highest BCUT2D eigenvalue weighted by Crippen LogP contribution is 2.49. The lowest BCUT2D eigenvalue weighted by molar-refractivity contribution is -0.133. The molecular weight excluding hydrogens is 510 g/mol. The van der Waals surface area contributed by atoms with Crippen molar-refractivity contribution in [1.29, 1.82) is 0 Å². The van der Waals surface area contributed by atoms with Crippen molar-refractivity contribution in [2.24, 2.45) is 4.99 Å². The van der Waals surface area contributed by atoms with Crippen molar-refractivity contribution in [3.63, 3.8) is 0 Å². The zero-order valence-electron chi connectivity index (χ0n) is 15.3. The van der Waals surface area contributed by atoms with Crippen molar-refractivity contribution in [3.8, 4) is 0 Å². The second-order valence-electron chi connectivity index (χ2n) is 6.22. The highest BCUT2D eigenvalue weighted by atomic mass is 35.5. The lowest BCUT2D eigenvalue weighted by atomic mass is 9.95. The Morgan fingerprint density at radius 3 is 2.23 bits per heavy atom. The number of hydrogen-bond donors (Lipinski definition) is 1. The third-order valence-corrected chi connectivity index (χ3v) is 6.51. The van der Waals surface area contributed by atoms with Crippen molar-refractivity contribution in [3.05, 3.63) is 86.1 Å². The third kappa shape index (κ3) is 4.33. The summed E-state index contributed by atoms with van der Waals surface area (Å²) in [5.41, 5.74) is 2.01. The second-order valence-corrected chi connectivity index (χ2v) is 8.45. The molecule has 10 heteroatoms. The molecule has 4 nitrogen and oxygen atoms in total. The maximum absolute atomic E-state index is 12.0. The van der Waals surface area contributed by atoms with Gasteiger partial charge in [0.1, 0.15) is 0 Å². The van der Waals surface area contributed by atoms with Crippen LogP contribution in [0.1, 0.15) is 24.1 Å². The topological polar surface area (TPSA) is 52.9 Å². The Kier molecular flexibility index (Phi) is 8.19. The molecule has 2 aliphatic rings. The predicted molar refractivity (Wildman–Crippen MR) is 130 cm³/mol. The first-order valence-electron chi connectivity index (χ1n) is 8.28. The Morgan fingerprint density at radius 2 is 1.63 bits per heavy atom. The van der Waals surface area contributed by atoms with Gasteiger partial charge in [0.2, 0.25) is 0 Å². The summed E-state index contributed by atoms with van der Waals surface area (Å²) < 4.78 is 0. The van der Waals surface area contributed by atoms with Gasteiger partial charge in [0, 0.05) is 21.7 Å². The Labute approximate surface area is 205 Å². The highest BCUT2D eigenvalue weighted by molar-refractivity contribution is 8.22. The van der Waals surface area contributed by atoms with Crippen LogP contribution in [0, 0.1) is 0 Å². The maximum atomic E-state index is 12.0. The number of carbonyl (C=O) groups is 1. The van der Waals surface area contributed by atoms with E-state index in [4.69, 9.17) is 34.8 Å². The van der Waals surface area contributed by atoms with E-state index in [-0.39, 0.29) is 30.4 Å². The number of aliphatic carboxylic acids is 1. The number of fused-ring (bicyclic) bond motifs is 1. The van der Waals surface area contributed by atoms with E-state index in [1.807, 2.05) is 29.3 Å². The molecule has 1 unspecified atom stereocenters. The third-order valence-electron chi connectivity index (χ3n) is 4.52. The van der Waals surface area contributed by atoms with Crippen molar-refractivity contribution in [1.82, 2.24) is 4.90 Å². The van der Waals surface area contributed by atoms with Crippen LogP contribution in [0.3, 0.4) is 0 Å². The van der Waals surface area contributed by atoms with Crippen molar-refractivity contribution < 1.29 is 9.90 Å². The summed E-state index contributed by atoms with van der Waals surface area (Å²) in [7, 11) is 0. The molecule has 158 valence electrons. The van der Waals surface area contributed by atoms with Crippen LogP contribution in [-0.4, -0.2) is 21.1 Å². The first kappa shape index (κ1) is 24.9. The quantitative estimate of drug-likeness (QED) is 0.458. The van der Waals surface area contributed by atoms with Gasteiger partial charge in [-0.1, -0.05) is 59.1 Å². The van der Waals surface area contributed by atoms with Gasteiger partial charge in [-0.2, -0.15) is 0 Å². The molecule has 2 aromatic rings. The molecule has 4 rings (SSSR count). The SMILES string of the molecule is CC1=C(C(=O)O)C(c2ccccc2Cl)N2C=C(c3c(Cl)cccc3Cl)SC2=N1.Cl.Cl. The molecule has 0 bridgehead atoms. The minimum absolute atomic E-state index is 0. The van der Waals surface area contributed by atoms with Crippen LogP contribution in [0.2, 0.25) is 15.1 Å². The smallest absolute Gasteiger partial charge is 0.335 e. The summed E-state index contributed by atoms with van der Waals surface area (Å²) in [6.45, 7) is 1.69. The van der Waals surface area contributed by atoms with Crippen molar-refractivity contribution >= 4 is 87.4 Å². The van der Waals surface area contributed by atoms with Gasteiger partial charge in [0.25, 0.3) is 0 Å². The van der Waals surface area contributed by atoms with Crippen molar-refractivity contribution in [2.45, 2.75) is 13.0 Å². The zero-order chi connectivity index (χ0) is 20.0. The fourth-order valence-corrected chi connectivity index (χ4v) is 5.37. The second kappa shape index (κ2) is 9.86. The van der Waals surface area contributed by atoms with Gasteiger partial charge in [-0.3, -0.25) is 0 Å². The van der Waals surface area contributed by atoms with Gasteiger partial charge in [0.05, 0.1) is 27.4 Å². The lowest BCUT2D eigenvalue weighted by Gasteiger charge is -2.33. The maximum Gasteiger partial charge on any atom is 0.335 e. The number of aliphatic imine (C=N–C) groups is 1. The minimum Gasteiger partial charge on any atom is -0.478 e. The van der Waals surface area contributed by atoms with Crippen LogP contribution in [0.4, 0.5) is 0 Å². The number of benzene rings is 2. The number of thioether (sulfide) groups is 1. The minimum atomic E-state index is -1.03. The Hall–Kier alpha value is -1.34. The number of amidine groups is 1. The molecule has 0 saturated heterocycles. The van der Waals surface area contributed by atoms with Crippen LogP contribution in [0.15, 0.2) is 64.9 Å². The molecule has 0 spiro atoms. The molecule has 30 heavy (non-hydrogen) atoms. The van der Waals surface area contributed by atoms with Crippen molar-refractivity contribution in [2.75, 3.05) is 0 Å². The molecular formula is C20H15Cl5N2O2S. The Morgan fingerprint density at radius 1 is 1.03 bits per heavy atom.